The second-order valence-electron chi connectivity index (χ2n) is 4.24. The van der Waals surface area contributed by atoms with E-state index in [0.717, 1.165) is 10.2 Å². The van der Waals surface area contributed by atoms with Gasteiger partial charge < -0.3 is 15.0 Å². The third-order valence-electron chi connectivity index (χ3n) is 2.71. The van der Waals surface area contributed by atoms with Crippen LogP contribution in [-0.2, 0) is 14.3 Å². The van der Waals surface area contributed by atoms with Crippen molar-refractivity contribution < 1.29 is 14.3 Å². The van der Waals surface area contributed by atoms with Crippen LogP contribution in [0, 0.1) is 0 Å². The van der Waals surface area contributed by atoms with Crippen LogP contribution in [0.15, 0.2) is 28.7 Å². The number of amides is 2. The monoisotopic (exact) mass is 342 g/mol. The van der Waals surface area contributed by atoms with Gasteiger partial charge in [0.25, 0.3) is 0 Å². The summed E-state index contributed by atoms with van der Waals surface area (Å²) in [6.07, 6.45) is 0.263. The molecule has 0 unspecified atom stereocenters. The van der Waals surface area contributed by atoms with Crippen molar-refractivity contribution in [2.45, 2.75) is 13.3 Å². The van der Waals surface area contributed by atoms with Crippen LogP contribution in [0.5, 0.6) is 0 Å². The van der Waals surface area contributed by atoms with Crippen molar-refractivity contribution in [1.82, 2.24) is 5.32 Å². The van der Waals surface area contributed by atoms with E-state index in [-0.39, 0.29) is 18.2 Å². The van der Waals surface area contributed by atoms with Gasteiger partial charge in [-0.2, -0.15) is 0 Å². The van der Waals surface area contributed by atoms with Gasteiger partial charge in [0.2, 0.25) is 11.8 Å². The number of carbonyl (C=O) groups excluding carboxylic acids is 2. The Balaban J connectivity index is 2.54. The first kappa shape index (κ1) is 16.7. The van der Waals surface area contributed by atoms with Gasteiger partial charge in [-0.25, -0.2) is 0 Å². The Hall–Kier alpha value is -1.40. The molecule has 1 aromatic carbocycles. The SMILES string of the molecule is COCCNC(=O)CCN(C(C)=O)c1ccc(Br)cc1. The van der Waals surface area contributed by atoms with Crippen LogP contribution in [0.2, 0.25) is 0 Å². The molecule has 20 heavy (non-hydrogen) atoms. The van der Waals surface area contributed by atoms with Gasteiger partial charge in [-0.05, 0) is 24.3 Å². The number of nitrogens with zero attached hydrogens (tertiary/aromatic N) is 1. The van der Waals surface area contributed by atoms with Crippen LogP contribution in [0.25, 0.3) is 0 Å². The second-order valence-corrected chi connectivity index (χ2v) is 5.16. The van der Waals surface area contributed by atoms with E-state index in [2.05, 4.69) is 21.2 Å². The van der Waals surface area contributed by atoms with E-state index in [0.29, 0.717) is 19.7 Å². The van der Waals surface area contributed by atoms with E-state index < -0.39 is 0 Å². The van der Waals surface area contributed by atoms with E-state index in [1.54, 1.807) is 12.0 Å². The minimum Gasteiger partial charge on any atom is -0.383 e. The average molecular weight is 343 g/mol. The molecule has 1 N–H and O–H groups in total. The maximum Gasteiger partial charge on any atom is 0.223 e. The van der Waals surface area contributed by atoms with Gasteiger partial charge >= 0.3 is 0 Å². The molecule has 0 aliphatic heterocycles. The Labute approximate surface area is 127 Å². The molecule has 0 saturated heterocycles. The number of methoxy groups -OCH3 is 1. The maximum atomic E-state index is 11.7. The predicted molar refractivity (Wildman–Crippen MR) is 81.7 cm³/mol. The molecule has 0 heterocycles. The lowest BCUT2D eigenvalue weighted by atomic mass is 10.2. The molecule has 6 heteroatoms. The normalized spacial score (nSPS) is 10.2. The van der Waals surface area contributed by atoms with Crippen LogP contribution < -0.4 is 10.2 Å². The van der Waals surface area contributed by atoms with E-state index in [1.807, 2.05) is 24.3 Å². The molecule has 0 bridgehead atoms. The number of hydrogen-bond acceptors (Lipinski definition) is 3. The first-order valence-corrected chi connectivity index (χ1v) is 7.13. The van der Waals surface area contributed by atoms with Crippen molar-refractivity contribution in [2.24, 2.45) is 0 Å². The highest BCUT2D eigenvalue weighted by atomic mass is 79.9. The van der Waals surface area contributed by atoms with Gasteiger partial charge in [-0.15, -0.1) is 0 Å². The Morgan fingerprint density at radius 3 is 2.50 bits per heavy atom. The summed E-state index contributed by atoms with van der Waals surface area (Å²) in [4.78, 5) is 24.9. The highest BCUT2D eigenvalue weighted by Crippen LogP contribution is 2.18. The highest BCUT2D eigenvalue weighted by molar-refractivity contribution is 9.10. The number of anilines is 1. The number of hydrogen-bond donors (Lipinski definition) is 1. The third-order valence-corrected chi connectivity index (χ3v) is 3.24. The fourth-order valence-electron chi connectivity index (χ4n) is 1.68. The highest BCUT2D eigenvalue weighted by Gasteiger charge is 2.13. The molecular weight excluding hydrogens is 324 g/mol. The van der Waals surface area contributed by atoms with Crippen molar-refractivity contribution in [3.63, 3.8) is 0 Å². The summed E-state index contributed by atoms with van der Waals surface area (Å²) in [5.74, 6) is -0.178. The third kappa shape index (κ3) is 5.71. The fourth-order valence-corrected chi connectivity index (χ4v) is 1.95. The molecule has 5 nitrogen and oxygen atoms in total. The summed E-state index contributed by atoms with van der Waals surface area (Å²) in [5.41, 5.74) is 0.783. The van der Waals surface area contributed by atoms with Gasteiger partial charge in [0.15, 0.2) is 0 Å². The first-order valence-electron chi connectivity index (χ1n) is 6.34. The molecule has 110 valence electrons. The lowest BCUT2D eigenvalue weighted by Gasteiger charge is -2.21. The summed E-state index contributed by atoms with van der Waals surface area (Å²) in [6, 6.07) is 7.41. The fraction of sp³-hybridized carbons (Fsp3) is 0.429. The van der Waals surface area contributed by atoms with Gasteiger partial charge in [0, 0.05) is 43.7 Å². The number of rotatable bonds is 7. The molecule has 0 atom stereocenters. The van der Waals surface area contributed by atoms with Crippen molar-refractivity contribution in [1.29, 1.82) is 0 Å². The van der Waals surface area contributed by atoms with Crippen LogP contribution >= 0.6 is 15.9 Å². The maximum absolute atomic E-state index is 11.7. The zero-order valence-electron chi connectivity index (χ0n) is 11.7. The predicted octanol–water partition coefficient (Wildman–Crippen LogP) is 1.95. The van der Waals surface area contributed by atoms with E-state index >= 15 is 0 Å². The largest absolute Gasteiger partial charge is 0.383 e. The lowest BCUT2D eigenvalue weighted by Crippen LogP contribution is -2.34. The van der Waals surface area contributed by atoms with Gasteiger partial charge in [-0.3, -0.25) is 9.59 Å². The van der Waals surface area contributed by atoms with Crippen LogP contribution in [-0.4, -0.2) is 38.6 Å². The molecule has 0 spiro atoms. The number of carbonyl (C=O) groups is 2. The summed E-state index contributed by atoms with van der Waals surface area (Å²) in [6.45, 7) is 2.81. The van der Waals surface area contributed by atoms with Crippen LogP contribution in [0.1, 0.15) is 13.3 Å². The smallest absolute Gasteiger partial charge is 0.223 e. The Kier molecular flexibility index (Phi) is 7.25. The molecule has 0 aromatic heterocycles. The molecule has 0 fully saturated rings. The van der Waals surface area contributed by atoms with Gasteiger partial charge in [-0.1, -0.05) is 15.9 Å². The standard InChI is InChI=1S/C14H19BrN2O3/c1-11(18)17(13-5-3-12(15)4-6-13)9-7-14(19)16-8-10-20-2/h3-6H,7-10H2,1-2H3,(H,16,19). The molecule has 2 amide bonds. The zero-order valence-corrected chi connectivity index (χ0v) is 13.3. The molecule has 0 aliphatic carbocycles. The summed E-state index contributed by atoms with van der Waals surface area (Å²) in [5, 5.41) is 2.73. The Morgan fingerprint density at radius 1 is 1.30 bits per heavy atom. The van der Waals surface area contributed by atoms with Crippen molar-refractivity contribution in [3.8, 4) is 0 Å². The first-order chi connectivity index (χ1) is 9.54. The summed E-state index contributed by atoms with van der Waals surface area (Å²) >= 11 is 3.35. The number of ether oxygens (including phenoxy) is 1. The zero-order chi connectivity index (χ0) is 15.0. The van der Waals surface area contributed by atoms with E-state index in [9.17, 15) is 9.59 Å². The van der Waals surface area contributed by atoms with Gasteiger partial charge in [0.1, 0.15) is 0 Å². The lowest BCUT2D eigenvalue weighted by molar-refractivity contribution is -0.121. The number of benzene rings is 1. The molecular formula is C14H19BrN2O3. The minimum absolute atomic E-state index is 0.0861. The quantitative estimate of drug-likeness (QED) is 0.770. The van der Waals surface area contributed by atoms with Crippen molar-refractivity contribution in [3.05, 3.63) is 28.7 Å². The number of nitrogens with one attached hydrogen (secondary N) is 1. The van der Waals surface area contributed by atoms with Crippen LogP contribution in [0.4, 0.5) is 5.69 Å². The minimum atomic E-state index is -0.0922. The van der Waals surface area contributed by atoms with E-state index in [1.165, 1.54) is 6.92 Å². The molecule has 1 rings (SSSR count). The molecule has 0 aliphatic rings. The van der Waals surface area contributed by atoms with Crippen molar-refractivity contribution >= 4 is 33.4 Å². The summed E-state index contributed by atoms with van der Waals surface area (Å²) < 4.78 is 5.80. The number of halogens is 1. The van der Waals surface area contributed by atoms with Crippen molar-refractivity contribution in [2.75, 3.05) is 31.7 Å². The van der Waals surface area contributed by atoms with E-state index in [4.69, 9.17) is 4.74 Å². The average Bonchev–Trinajstić information content (AvgIpc) is 2.41. The molecule has 1 aromatic rings. The Morgan fingerprint density at radius 2 is 1.95 bits per heavy atom. The summed E-state index contributed by atoms with van der Waals surface area (Å²) in [7, 11) is 1.58. The Bertz CT molecular complexity index is 448. The van der Waals surface area contributed by atoms with Crippen LogP contribution in [0.3, 0.4) is 0 Å². The second kappa shape index (κ2) is 8.71. The molecule has 0 radical (unpaired) electrons. The molecule has 0 saturated carbocycles. The topological polar surface area (TPSA) is 58.6 Å². The van der Waals surface area contributed by atoms with Gasteiger partial charge in [0.05, 0.1) is 6.61 Å².